The van der Waals surface area contributed by atoms with E-state index < -0.39 is 0 Å². The number of hydrogen-bond donors (Lipinski definition) is 2. The Morgan fingerprint density at radius 1 is 1.07 bits per heavy atom. The first-order valence-electron chi connectivity index (χ1n) is 9.07. The van der Waals surface area contributed by atoms with Crippen LogP contribution in [0, 0.1) is 11.7 Å². The predicted molar refractivity (Wildman–Crippen MR) is 113 cm³/mol. The number of carbonyl (C=O) groups is 1. The van der Waals surface area contributed by atoms with E-state index in [1.54, 1.807) is 4.57 Å². The average molecular weight is 388 g/mol. The van der Waals surface area contributed by atoms with Crippen LogP contribution in [0.2, 0.25) is 0 Å². The molecule has 0 saturated carbocycles. The molecule has 4 aromatic rings. The Labute approximate surface area is 168 Å². The fourth-order valence-electron chi connectivity index (χ4n) is 3.14. The van der Waals surface area contributed by atoms with Gasteiger partial charge in [0.1, 0.15) is 6.54 Å². The van der Waals surface area contributed by atoms with Crippen LogP contribution in [-0.2, 0) is 17.9 Å². The van der Waals surface area contributed by atoms with E-state index in [9.17, 15) is 4.79 Å². The molecule has 1 aromatic heterocycles. The van der Waals surface area contributed by atoms with Crippen molar-refractivity contribution in [2.24, 2.45) is 0 Å². The summed E-state index contributed by atoms with van der Waals surface area (Å²) in [4.78, 5) is 12.5. The van der Waals surface area contributed by atoms with Gasteiger partial charge in [0, 0.05) is 12.1 Å². The highest BCUT2D eigenvalue weighted by atomic mass is 32.1. The maximum absolute atomic E-state index is 12.5. The molecule has 4 rings (SSSR count). The highest BCUT2D eigenvalue weighted by Gasteiger charge is 2.12. The molecular formula is C22H20N4OS. The summed E-state index contributed by atoms with van der Waals surface area (Å²) < 4.78 is 2.15. The number of aromatic amines is 1. The number of benzene rings is 3. The summed E-state index contributed by atoms with van der Waals surface area (Å²) in [6.07, 6.45) is 0. The smallest absolute Gasteiger partial charge is 0.240 e. The molecule has 28 heavy (non-hydrogen) atoms. The summed E-state index contributed by atoms with van der Waals surface area (Å²) in [6, 6.07) is 22.3. The van der Waals surface area contributed by atoms with Gasteiger partial charge in [-0.1, -0.05) is 66.2 Å². The summed E-state index contributed by atoms with van der Waals surface area (Å²) in [5.74, 6) is 0.546. The second kappa shape index (κ2) is 7.78. The van der Waals surface area contributed by atoms with E-state index in [4.69, 9.17) is 12.2 Å². The molecule has 0 aliphatic rings. The maximum Gasteiger partial charge on any atom is 0.240 e. The third kappa shape index (κ3) is 3.87. The summed E-state index contributed by atoms with van der Waals surface area (Å²) in [5, 5.41) is 12.4. The van der Waals surface area contributed by atoms with Gasteiger partial charge in [0.2, 0.25) is 5.91 Å². The molecular weight excluding hydrogens is 368 g/mol. The minimum absolute atomic E-state index is 0.112. The molecule has 0 aliphatic heterocycles. The second-order valence-electron chi connectivity index (χ2n) is 6.76. The van der Waals surface area contributed by atoms with Gasteiger partial charge in [-0.25, -0.2) is 0 Å². The van der Waals surface area contributed by atoms with E-state index in [1.165, 1.54) is 5.39 Å². The zero-order valence-electron chi connectivity index (χ0n) is 15.5. The van der Waals surface area contributed by atoms with Crippen molar-refractivity contribution in [3.63, 3.8) is 0 Å². The van der Waals surface area contributed by atoms with Crippen LogP contribution in [0.3, 0.4) is 0 Å². The van der Waals surface area contributed by atoms with Gasteiger partial charge in [-0.15, -0.1) is 0 Å². The first-order chi connectivity index (χ1) is 13.6. The van der Waals surface area contributed by atoms with E-state index in [1.807, 2.05) is 49.4 Å². The number of rotatable bonds is 5. The Kier molecular flexibility index (Phi) is 5.04. The number of carbonyl (C=O) groups excluding carboxylic acids is 1. The third-order valence-electron chi connectivity index (χ3n) is 4.67. The lowest BCUT2D eigenvalue weighted by atomic mass is 10.1. The topological polar surface area (TPSA) is 62.7 Å². The molecule has 0 fully saturated rings. The number of H-pyrrole nitrogens is 1. The molecule has 1 heterocycles. The average Bonchev–Trinajstić information content (AvgIpc) is 3.07. The minimum atomic E-state index is -0.112. The van der Waals surface area contributed by atoms with Crippen molar-refractivity contribution in [3.8, 4) is 11.4 Å². The molecule has 2 N–H and O–H groups in total. The van der Waals surface area contributed by atoms with Crippen LogP contribution in [0.4, 0.5) is 0 Å². The fraction of sp³-hybridized carbons (Fsp3) is 0.136. The van der Waals surface area contributed by atoms with Gasteiger partial charge in [-0.2, -0.15) is 5.10 Å². The Hall–Kier alpha value is -3.25. The van der Waals surface area contributed by atoms with Gasteiger partial charge in [0.05, 0.1) is 0 Å². The van der Waals surface area contributed by atoms with Crippen LogP contribution < -0.4 is 5.32 Å². The van der Waals surface area contributed by atoms with Gasteiger partial charge >= 0.3 is 0 Å². The lowest BCUT2D eigenvalue weighted by molar-refractivity contribution is -0.121. The van der Waals surface area contributed by atoms with Crippen LogP contribution in [0.1, 0.15) is 11.1 Å². The molecule has 0 saturated heterocycles. The van der Waals surface area contributed by atoms with Gasteiger partial charge < -0.3 is 5.32 Å². The molecule has 1 amide bonds. The van der Waals surface area contributed by atoms with Crippen LogP contribution in [0.25, 0.3) is 22.2 Å². The fourth-order valence-corrected chi connectivity index (χ4v) is 3.33. The SMILES string of the molecule is Cc1ccc(-c2n[nH]c(=S)n2CC(=O)NCc2ccc3ccccc3c2)cc1. The van der Waals surface area contributed by atoms with Crippen LogP contribution in [-0.4, -0.2) is 20.7 Å². The third-order valence-corrected chi connectivity index (χ3v) is 4.98. The Bertz CT molecular complexity index is 1190. The second-order valence-corrected chi connectivity index (χ2v) is 7.15. The van der Waals surface area contributed by atoms with Crippen molar-refractivity contribution in [1.82, 2.24) is 20.1 Å². The van der Waals surface area contributed by atoms with Gasteiger partial charge in [0.15, 0.2) is 10.6 Å². The van der Waals surface area contributed by atoms with Crippen molar-refractivity contribution in [2.75, 3.05) is 0 Å². The van der Waals surface area contributed by atoms with Crippen LogP contribution >= 0.6 is 12.2 Å². The Morgan fingerprint density at radius 2 is 1.82 bits per heavy atom. The number of amides is 1. The predicted octanol–water partition coefficient (Wildman–Crippen LogP) is 4.39. The van der Waals surface area contributed by atoms with Crippen LogP contribution in [0.5, 0.6) is 0 Å². The van der Waals surface area contributed by atoms with Crippen molar-refractivity contribution >= 4 is 28.9 Å². The summed E-state index contributed by atoms with van der Waals surface area (Å²) in [5.41, 5.74) is 3.14. The van der Waals surface area contributed by atoms with Crippen molar-refractivity contribution in [1.29, 1.82) is 0 Å². The Morgan fingerprint density at radius 3 is 2.61 bits per heavy atom. The number of aromatic nitrogens is 3. The molecule has 0 radical (unpaired) electrons. The summed E-state index contributed by atoms with van der Waals surface area (Å²) >= 11 is 5.31. The normalized spacial score (nSPS) is 10.9. The first kappa shape index (κ1) is 18.1. The lowest BCUT2D eigenvalue weighted by Crippen LogP contribution is -2.27. The Balaban J connectivity index is 1.47. The standard InChI is InChI=1S/C22H20N4OS/c1-15-6-9-18(10-7-15)21-24-25-22(28)26(21)14-20(27)23-13-16-8-11-17-4-2-3-5-19(17)12-16/h2-12H,13-14H2,1H3,(H,23,27)(H,25,28). The minimum Gasteiger partial charge on any atom is -0.350 e. The van der Waals surface area contributed by atoms with E-state index >= 15 is 0 Å². The van der Waals surface area contributed by atoms with E-state index in [0.29, 0.717) is 17.1 Å². The molecule has 0 atom stereocenters. The van der Waals surface area contributed by atoms with Crippen molar-refractivity contribution in [2.45, 2.75) is 20.0 Å². The molecule has 3 aromatic carbocycles. The molecule has 0 spiro atoms. The first-order valence-corrected chi connectivity index (χ1v) is 9.47. The van der Waals surface area contributed by atoms with E-state index in [-0.39, 0.29) is 12.5 Å². The molecule has 6 heteroatoms. The zero-order chi connectivity index (χ0) is 19.5. The maximum atomic E-state index is 12.5. The quantitative estimate of drug-likeness (QED) is 0.499. The summed E-state index contributed by atoms with van der Waals surface area (Å²) in [7, 11) is 0. The number of hydrogen-bond acceptors (Lipinski definition) is 3. The van der Waals surface area contributed by atoms with E-state index in [0.717, 1.165) is 22.1 Å². The molecule has 0 aliphatic carbocycles. The van der Waals surface area contributed by atoms with Gasteiger partial charge in [-0.05, 0) is 41.5 Å². The van der Waals surface area contributed by atoms with Crippen molar-refractivity contribution < 1.29 is 4.79 Å². The molecule has 0 bridgehead atoms. The van der Waals surface area contributed by atoms with Crippen LogP contribution in [0.15, 0.2) is 66.7 Å². The largest absolute Gasteiger partial charge is 0.350 e. The van der Waals surface area contributed by atoms with Gasteiger partial charge in [-0.3, -0.25) is 14.5 Å². The highest BCUT2D eigenvalue weighted by molar-refractivity contribution is 7.71. The lowest BCUT2D eigenvalue weighted by Gasteiger charge is -2.09. The number of nitrogens with zero attached hydrogens (tertiary/aromatic N) is 2. The molecule has 5 nitrogen and oxygen atoms in total. The number of fused-ring (bicyclic) bond motifs is 1. The summed E-state index contributed by atoms with van der Waals surface area (Å²) in [6.45, 7) is 2.61. The van der Waals surface area contributed by atoms with Gasteiger partial charge in [0.25, 0.3) is 0 Å². The van der Waals surface area contributed by atoms with Crippen molar-refractivity contribution in [3.05, 3.63) is 82.6 Å². The molecule has 140 valence electrons. The number of nitrogens with one attached hydrogen (secondary N) is 2. The zero-order valence-corrected chi connectivity index (χ0v) is 16.3. The monoisotopic (exact) mass is 388 g/mol. The molecule has 0 unspecified atom stereocenters. The highest BCUT2D eigenvalue weighted by Crippen LogP contribution is 2.18. The van der Waals surface area contributed by atoms with E-state index in [2.05, 4.69) is 39.8 Å². The number of aryl methyl sites for hydroxylation is 1.